The van der Waals surface area contributed by atoms with Gasteiger partial charge in [-0.1, -0.05) is 29.8 Å². The summed E-state index contributed by atoms with van der Waals surface area (Å²) in [6.45, 7) is 8.95. The normalized spacial score (nSPS) is 13.9. The monoisotopic (exact) mass is 388 g/mol. The Bertz CT molecular complexity index is 1080. The molecule has 1 aliphatic rings. The summed E-state index contributed by atoms with van der Waals surface area (Å²) in [5.41, 5.74) is 8.61. The van der Waals surface area contributed by atoms with Crippen LogP contribution in [-0.4, -0.2) is 11.6 Å². The molecule has 1 amide bonds. The average Bonchev–Trinajstić information content (AvgIpc) is 3.14. The molecule has 0 radical (unpaired) electrons. The van der Waals surface area contributed by atoms with E-state index in [9.17, 15) is 4.79 Å². The summed E-state index contributed by atoms with van der Waals surface area (Å²) in [6.07, 6.45) is 0.318. The van der Waals surface area contributed by atoms with Crippen molar-refractivity contribution in [3.63, 3.8) is 0 Å². The van der Waals surface area contributed by atoms with Crippen molar-refractivity contribution in [2.24, 2.45) is 4.99 Å². The molecule has 3 aromatic rings. The van der Waals surface area contributed by atoms with E-state index in [0.717, 1.165) is 22.0 Å². The number of anilines is 1. The number of thiophene rings is 1. The van der Waals surface area contributed by atoms with Crippen molar-refractivity contribution in [2.75, 3.05) is 4.90 Å². The van der Waals surface area contributed by atoms with E-state index in [0.29, 0.717) is 13.0 Å². The van der Waals surface area contributed by atoms with E-state index in [2.05, 4.69) is 58.0 Å². The van der Waals surface area contributed by atoms with E-state index >= 15 is 0 Å². The molecule has 0 bridgehead atoms. The highest BCUT2D eigenvalue weighted by atomic mass is 32.1. The van der Waals surface area contributed by atoms with Crippen LogP contribution in [0.15, 0.2) is 52.8 Å². The molecular weight excluding hydrogens is 364 g/mol. The number of aryl methyl sites for hydroxylation is 4. The van der Waals surface area contributed by atoms with Crippen molar-refractivity contribution in [1.29, 1.82) is 0 Å². The highest BCUT2D eigenvalue weighted by Gasteiger charge is 2.26. The Balaban J connectivity index is 1.81. The quantitative estimate of drug-likeness (QED) is 0.538. The first-order valence-electron chi connectivity index (χ1n) is 9.51. The zero-order valence-electron chi connectivity index (χ0n) is 16.7. The van der Waals surface area contributed by atoms with Gasteiger partial charge in [-0.3, -0.25) is 4.79 Å². The Labute approximate surface area is 170 Å². The minimum atomic E-state index is 0.0918. The second-order valence-corrected chi connectivity index (χ2v) is 8.50. The number of amides is 1. The maximum absolute atomic E-state index is 13.3. The van der Waals surface area contributed by atoms with Crippen molar-refractivity contribution < 1.29 is 4.79 Å². The van der Waals surface area contributed by atoms with Gasteiger partial charge in [0.15, 0.2) is 0 Å². The van der Waals surface area contributed by atoms with Gasteiger partial charge >= 0.3 is 0 Å². The van der Waals surface area contributed by atoms with Crippen molar-refractivity contribution in [3.05, 3.63) is 80.5 Å². The Kier molecular flexibility index (Phi) is 4.90. The van der Waals surface area contributed by atoms with Gasteiger partial charge in [-0.15, -0.1) is 11.3 Å². The molecule has 2 aromatic carbocycles. The van der Waals surface area contributed by atoms with Crippen LogP contribution in [-0.2, 0) is 11.3 Å². The van der Waals surface area contributed by atoms with Crippen molar-refractivity contribution in [3.8, 4) is 0 Å². The Morgan fingerprint density at radius 1 is 1.00 bits per heavy atom. The molecule has 3 nitrogen and oxygen atoms in total. The number of rotatable bonds is 3. The summed E-state index contributed by atoms with van der Waals surface area (Å²) < 4.78 is 0. The number of aliphatic imine (C=N–C) groups is 1. The molecule has 0 saturated carbocycles. The van der Waals surface area contributed by atoms with E-state index in [1.165, 1.54) is 27.8 Å². The summed E-state index contributed by atoms with van der Waals surface area (Å²) >= 11 is 1.63. The van der Waals surface area contributed by atoms with E-state index < -0.39 is 0 Å². The van der Waals surface area contributed by atoms with Crippen LogP contribution >= 0.6 is 11.3 Å². The van der Waals surface area contributed by atoms with Gasteiger partial charge < -0.3 is 4.90 Å². The number of carbonyl (C=O) groups excluding carboxylic acids is 1. The van der Waals surface area contributed by atoms with Gasteiger partial charge in [0, 0.05) is 4.88 Å². The Morgan fingerprint density at radius 3 is 2.50 bits per heavy atom. The predicted octanol–water partition coefficient (Wildman–Crippen LogP) is 6.04. The molecule has 142 valence electrons. The maximum atomic E-state index is 13.3. The first-order chi connectivity index (χ1) is 13.4. The van der Waals surface area contributed by atoms with Crippen LogP contribution in [0.3, 0.4) is 0 Å². The third-order valence-electron chi connectivity index (χ3n) is 5.39. The molecule has 0 N–H and O–H groups in total. The molecule has 0 saturated heterocycles. The molecule has 1 aliphatic heterocycles. The molecule has 0 fully saturated rings. The molecule has 0 aliphatic carbocycles. The molecule has 0 spiro atoms. The average molecular weight is 389 g/mol. The lowest BCUT2D eigenvalue weighted by Crippen LogP contribution is -2.31. The van der Waals surface area contributed by atoms with Gasteiger partial charge in [0.25, 0.3) is 0 Å². The summed E-state index contributed by atoms with van der Waals surface area (Å²) in [4.78, 5) is 21.2. The third kappa shape index (κ3) is 3.52. The molecule has 0 atom stereocenters. The number of carbonyl (C=O) groups is 1. The van der Waals surface area contributed by atoms with Gasteiger partial charge in [-0.25, -0.2) is 4.99 Å². The van der Waals surface area contributed by atoms with Gasteiger partial charge in [0.2, 0.25) is 5.91 Å². The minimum absolute atomic E-state index is 0.0918. The van der Waals surface area contributed by atoms with Gasteiger partial charge in [-0.2, -0.15) is 0 Å². The molecule has 4 heteroatoms. The first kappa shape index (κ1) is 18.6. The zero-order valence-corrected chi connectivity index (χ0v) is 17.6. The number of nitrogens with zero attached hydrogens (tertiary/aromatic N) is 2. The summed E-state index contributed by atoms with van der Waals surface area (Å²) in [7, 11) is 0. The number of hydrogen-bond acceptors (Lipinski definition) is 3. The van der Waals surface area contributed by atoms with Crippen LogP contribution in [0.1, 0.15) is 39.1 Å². The zero-order chi connectivity index (χ0) is 19.8. The molecular formula is C24H24N2OS. The lowest BCUT2D eigenvalue weighted by atomic mass is 10.0. The fourth-order valence-corrected chi connectivity index (χ4v) is 4.32. The molecule has 4 rings (SSSR count). The summed E-state index contributed by atoms with van der Waals surface area (Å²) in [6, 6.07) is 14.7. The SMILES string of the molecule is Cc1ccc(CN2C(=O)CC(c3cccs3)=Nc3cc(C)c(C)cc32)c(C)c1. The minimum Gasteiger partial charge on any atom is -0.306 e. The van der Waals surface area contributed by atoms with E-state index in [1.54, 1.807) is 11.3 Å². The Hall–Kier alpha value is -2.72. The second kappa shape index (κ2) is 7.36. The van der Waals surface area contributed by atoms with E-state index in [1.807, 2.05) is 22.4 Å². The van der Waals surface area contributed by atoms with Crippen LogP contribution in [0.4, 0.5) is 11.4 Å². The van der Waals surface area contributed by atoms with Crippen molar-refractivity contribution >= 4 is 34.3 Å². The fraction of sp³-hybridized carbons (Fsp3) is 0.250. The second-order valence-electron chi connectivity index (χ2n) is 7.55. The van der Waals surface area contributed by atoms with Gasteiger partial charge in [0.1, 0.15) is 0 Å². The Morgan fingerprint density at radius 2 is 1.79 bits per heavy atom. The maximum Gasteiger partial charge on any atom is 0.233 e. The molecule has 0 unspecified atom stereocenters. The largest absolute Gasteiger partial charge is 0.306 e. The number of hydrogen-bond donors (Lipinski definition) is 0. The van der Waals surface area contributed by atoms with Crippen LogP contribution in [0, 0.1) is 27.7 Å². The van der Waals surface area contributed by atoms with E-state index in [-0.39, 0.29) is 5.91 Å². The smallest absolute Gasteiger partial charge is 0.233 e. The van der Waals surface area contributed by atoms with Crippen molar-refractivity contribution in [2.45, 2.75) is 40.7 Å². The third-order valence-corrected chi connectivity index (χ3v) is 6.31. The van der Waals surface area contributed by atoms with Crippen LogP contribution in [0.5, 0.6) is 0 Å². The highest BCUT2D eigenvalue weighted by molar-refractivity contribution is 7.12. The van der Waals surface area contributed by atoms with Crippen LogP contribution in [0.25, 0.3) is 0 Å². The highest BCUT2D eigenvalue weighted by Crippen LogP contribution is 2.37. The fourth-order valence-electron chi connectivity index (χ4n) is 3.60. The number of fused-ring (bicyclic) bond motifs is 1. The molecule has 2 heterocycles. The van der Waals surface area contributed by atoms with Crippen LogP contribution in [0.2, 0.25) is 0 Å². The summed E-state index contributed by atoms with van der Waals surface area (Å²) in [5, 5.41) is 2.03. The molecule has 28 heavy (non-hydrogen) atoms. The summed E-state index contributed by atoms with van der Waals surface area (Å²) in [5.74, 6) is 0.0918. The predicted molar refractivity (Wildman–Crippen MR) is 118 cm³/mol. The van der Waals surface area contributed by atoms with E-state index in [4.69, 9.17) is 4.99 Å². The lowest BCUT2D eigenvalue weighted by molar-refractivity contribution is -0.117. The topological polar surface area (TPSA) is 32.7 Å². The van der Waals surface area contributed by atoms with Crippen LogP contribution < -0.4 is 4.90 Å². The first-order valence-corrected chi connectivity index (χ1v) is 10.4. The van der Waals surface area contributed by atoms with Crippen molar-refractivity contribution in [1.82, 2.24) is 0 Å². The van der Waals surface area contributed by atoms with Gasteiger partial charge in [0.05, 0.1) is 30.1 Å². The number of benzene rings is 2. The lowest BCUT2D eigenvalue weighted by Gasteiger charge is -2.24. The van der Waals surface area contributed by atoms with Gasteiger partial charge in [-0.05, 0) is 73.5 Å². The standard InChI is InChI=1S/C24H24N2OS/c1-15-7-8-19(18(4)10-15)14-26-22-12-17(3)16(2)11-20(22)25-21(13-24(26)27)23-6-5-9-28-23/h5-12H,13-14H2,1-4H3. The molecule has 1 aromatic heterocycles.